The predicted molar refractivity (Wildman–Crippen MR) is 68.7 cm³/mol. The number of hydrogen-bond donors (Lipinski definition) is 2. The van der Waals surface area contributed by atoms with Gasteiger partial charge in [-0.15, -0.1) is 0 Å². The predicted octanol–water partition coefficient (Wildman–Crippen LogP) is 1.35. The van der Waals surface area contributed by atoms with E-state index in [0.717, 1.165) is 17.7 Å². The van der Waals surface area contributed by atoms with Crippen LogP contribution in [0.4, 0.5) is 5.69 Å². The molecule has 0 radical (unpaired) electrons. The lowest BCUT2D eigenvalue weighted by Crippen LogP contribution is -2.25. The van der Waals surface area contributed by atoms with Crippen molar-refractivity contribution in [3.05, 3.63) is 29.8 Å². The van der Waals surface area contributed by atoms with Gasteiger partial charge in [0.2, 0.25) is 5.91 Å². The van der Waals surface area contributed by atoms with Crippen LogP contribution in [0.1, 0.15) is 18.4 Å². The number of nitrogens with one attached hydrogen (secondary N) is 1. The number of benzene rings is 1. The second-order valence-electron chi connectivity index (χ2n) is 3.90. The summed E-state index contributed by atoms with van der Waals surface area (Å²) in [5.74, 6) is 0.0596. The minimum Gasteiger partial charge on any atom is -0.399 e. The van der Waals surface area contributed by atoms with Crippen LogP contribution >= 0.6 is 0 Å². The molecule has 4 heteroatoms. The van der Waals surface area contributed by atoms with E-state index in [1.807, 2.05) is 24.3 Å². The molecule has 1 aromatic carbocycles. The number of rotatable bonds is 7. The van der Waals surface area contributed by atoms with Crippen molar-refractivity contribution >= 4 is 11.6 Å². The van der Waals surface area contributed by atoms with Crippen molar-refractivity contribution in [2.45, 2.75) is 19.3 Å². The molecule has 0 aliphatic rings. The third-order valence-electron chi connectivity index (χ3n) is 2.52. The molecular weight excluding hydrogens is 216 g/mol. The molecule has 0 spiro atoms. The van der Waals surface area contributed by atoms with Crippen LogP contribution in [-0.4, -0.2) is 26.2 Å². The monoisotopic (exact) mass is 236 g/mol. The number of carbonyl (C=O) groups excluding carboxylic acids is 1. The van der Waals surface area contributed by atoms with E-state index in [2.05, 4.69) is 5.32 Å². The van der Waals surface area contributed by atoms with Crippen molar-refractivity contribution in [3.8, 4) is 0 Å². The number of nitrogens with two attached hydrogens (primary N) is 1. The number of anilines is 1. The summed E-state index contributed by atoms with van der Waals surface area (Å²) in [5, 5.41) is 2.85. The lowest BCUT2D eigenvalue weighted by molar-refractivity contribution is -0.121. The smallest absolute Gasteiger partial charge is 0.220 e. The first-order valence-corrected chi connectivity index (χ1v) is 5.83. The van der Waals surface area contributed by atoms with Gasteiger partial charge in [0.05, 0.1) is 0 Å². The molecule has 0 unspecified atom stereocenters. The average molecular weight is 236 g/mol. The number of hydrogen-bond acceptors (Lipinski definition) is 3. The maximum absolute atomic E-state index is 11.5. The fourth-order valence-electron chi connectivity index (χ4n) is 1.54. The lowest BCUT2D eigenvalue weighted by Gasteiger charge is -2.06. The van der Waals surface area contributed by atoms with Gasteiger partial charge in [-0.1, -0.05) is 18.2 Å². The molecule has 0 bridgehead atoms. The number of carbonyl (C=O) groups is 1. The molecule has 1 amide bonds. The maximum Gasteiger partial charge on any atom is 0.220 e. The minimum absolute atomic E-state index is 0.0596. The number of ether oxygens (including phenoxy) is 1. The van der Waals surface area contributed by atoms with E-state index < -0.39 is 0 Å². The Hall–Kier alpha value is -1.55. The maximum atomic E-state index is 11.5. The van der Waals surface area contributed by atoms with Gasteiger partial charge in [-0.2, -0.15) is 0 Å². The molecule has 0 saturated carbocycles. The standard InChI is InChI=1S/C13H20N2O2/c1-17-10-4-9-15-13(16)8-7-11-5-2-3-6-12(11)14/h2-3,5-6H,4,7-10,14H2,1H3,(H,15,16). The summed E-state index contributed by atoms with van der Waals surface area (Å²) < 4.78 is 4.90. The molecule has 0 aromatic heterocycles. The molecule has 17 heavy (non-hydrogen) atoms. The minimum atomic E-state index is 0.0596. The molecule has 0 aliphatic carbocycles. The zero-order valence-corrected chi connectivity index (χ0v) is 10.2. The van der Waals surface area contributed by atoms with Gasteiger partial charge in [0.15, 0.2) is 0 Å². The van der Waals surface area contributed by atoms with E-state index in [4.69, 9.17) is 10.5 Å². The highest BCUT2D eigenvalue weighted by atomic mass is 16.5. The Morgan fingerprint density at radius 1 is 1.41 bits per heavy atom. The van der Waals surface area contributed by atoms with Crippen LogP contribution < -0.4 is 11.1 Å². The van der Waals surface area contributed by atoms with E-state index in [-0.39, 0.29) is 5.91 Å². The summed E-state index contributed by atoms with van der Waals surface area (Å²) in [5.41, 5.74) is 7.58. The first kappa shape index (κ1) is 13.5. The molecule has 4 nitrogen and oxygen atoms in total. The molecule has 0 heterocycles. The largest absolute Gasteiger partial charge is 0.399 e. The molecule has 0 fully saturated rings. The Morgan fingerprint density at radius 2 is 2.18 bits per heavy atom. The molecule has 0 saturated heterocycles. The van der Waals surface area contributed by atoms with E-state index in [9.17, 15) is 4.79 Å². The molecule has 3 N–H and O–H groups in total. The molecule has 94 valence electrons. The van der Waals surface area contributed by atoms with Crippen molar-refractivity contribution in [1.29, 1.82) is 0 Å². The van der Waals surface area contributed by atoms with Gasteiger partial charge in [-0.3, -0.25) is 4.79 Å². The average Bonchev–Trinajstić information content (AvgIpc) is 2.34. The van der Waals surface area contributed by atoms with Gasteiger partial charge in [0.25, 0.3) is 0 Å². The Morgan fingerprint density at radius 3 is 2.88 bits per heavy atom. The van der Waals surface area contributed by atoms with E-state index in [1.54, 1.807) is 7.11 Å². The van der Waals surface area contributed by atoms with Gasteiger partial charge < -0.3 is 15.8 Å². The highest BCUT2D eigenvalue weighted by Crippen LogP contribution is 2.12. The van der Waals surface area contributed by atoms with Crippen LogP contribution in [-0.2, 0) is 16.0 Å². The van der Waals surface area contributed by atoms with Crippen molar-refractivity contribution in [2.24, 2.45) is 0 Å². The highest BCUT2D eigenvalue weighted by molar-refractivity contribution is 5.76. The summed E-state index contributed by atoms with van der Waals surface area (Å²) >= 11 is 0. The third-order valence-corrected chi connectivity index (χ3v) is 2.52. The second-order valence-corrected chi connectivity index (χ2v) is 3.90. The lowest BCUT2D eigenvalue weighted by atomic mass is 10.1. The third kappa shape index (κ3) is 5.36. The van der Waals surface area contributed by atoms with E-state index in [1.165, 1.54) is 0 Å². The van der Waals surface area contributed by atoms with Gasteiger partial charge in [-0.05, 0) is 24.5 Å². The molecule has 1 aromatic rings. The van der Waals surface area contributed by atoms with Crippen LogP contribution in [0.3, 0.4) is 0 Å². The number of methoxy groups -OCH3 is 1. The van der Waals surface area contributed by atoms with Crippen LogP contribution in [0, 0.1) is 0 Å². The number of amides is 1. The highest BCUT2D eigenvalue weighted by Gasteiger charge is 2.03. The summed E-state index contributed by atoms with van der Waals surface area (Å²) in [6.45, 7) is 1.34. The van der Waals surface area contributed by atoms with Gasteiger partial charge in [-0.25, -0.2) is 0 Å². The number of para-hydroxylation sites is 1. The first-order valence-electron chi connectivity index (χ1n) is 5.83. The van der Waals surface area contributed by atoms with E-state index >= 15 is 0 Å². The van der Waals surface area contributed by atoms with E-state index in [0.29, 0.717) is 26.0 Å². The molecular formula is C13H20N2O2. The Labute approximate surface area is 102 Å². The Kier molecular flexibility index (Phi) is 6.10. The number of aryl methyl sites for hydroxylation is 1. The fourth-order valence-corrected chi connectivity index (χ4v) is 1.54. The summed E-state index contributed by atoms with van der Waals surface area (Å²) in [7, 11) is 1.65. The molecule has 0 atom stereocenters. The van der Waals surface area contributed by atoms with Gasteiger partial charge in [0, 0.05) is 32.4 Å². The summed E-state index contributed by atoms with van der Waals surface area (Å²) in [4.78, 5) is 11.5. The van der Waals surface area contributed by atoms with Crippen molar-refractivity contribution in [2.75, 3.05) is 26.0 Å². The van der Waals surface area contributed by atoms with Crippen molar-refractivity contribution in [3.63, 3.8) is 0 Å². The SMILES string of the molecule is COCCCNC(=O)CCc1ccccc1N. The van der Waals surface area contributed by atoms with Gasteiger partial charge >= 0.3 is 0 Å². The molecule has 1 rings (SSSR count). The Balaban J connectivity index is 2.22. The topological polar surface area (TPSA) is 64.3 Å². The summed E-state index contributed by atoms with van der Waals surface area (Å²) in [6, 6.07) is 7.63. The van der Waals surface area contributed by atoms with Crippen molar-refractivity contribution in [1.82, 2.24) is 5.32 Å². The zero-order valence-electron chi connectivity index (χ0n) is 10.2. The fraction of sp³-hybridized carbons (Fsp3) is 0.462. The molecule has 0 aliphatic heterocycles. The summed E-state index contributed by atoms with van der Waals surface area (Å²) in [6.07, 6.45) is 2.00. The normalized spacial score (nSPS) is 10.2. The Bertz CT molecular complexity index is 353. The number of nitrogen functional groups attached to an aromatic ring is 1. The first-order chi connectivity index (χ1) is 8.24. The van der Waals surface area contributed by atoms with Crippen LogP contribution in [0.5, 0.6) is 0 Å². The second kappa shape index (κ2) is 7.68. The van der Waals surface area contributed by atoms with Crippen LogP contribution in [0.25, 0.3) is 0 Å². The van der Waals surface area contributed by atoms with Crippen molar-refractivity contribution < 1.29 is 9.53 Å². The van der Waals surface area contributed by atoms with Crippen LogP contribution in [0.15, 0.2) is 24.3 Å². The zero-order chi connectivity index (χ0) is 12.5. The van der Waals surface area contributed by atoms with Gasteiger partial charge in [0.1, 0.15) is 0 Å². The quantitative estimate of drug-likeness (QED) is 0.555. The van der Waals surface area contributed by atoms with Crippen LogP contribution in [0.2, 0.25) is 0 Å².